The SMILES string of the molecule is C=CCc1cc(C(=O)O)c(CC=C)c(CC=C)c1C(=O)O. The predicted molar refractivity (Wildman–Crippen MR) is 82.1 cm³/mol. The Hall–Kier alpha value is -2.62. The van der Waals surface area contributed by atoms with E-state index in [9.17, 15) is 19.8 Å². The third-order valence-corrected chi connectivity index (χ3v) is 3.14. The summed E-state index contributed by atoms with van der Waals surface area (Å²) < 4.78 is 0. The Morgan fingerprint density at radius 1 is 0.905 bits per heavy atom. The first-order valence-electron chi connectivity index (χ1n) is 6.44. The van der Waals surface area contributed by atoms with Crippen molar-refractivity contribution in [3.63, 3.8) is 0 Å². The maximum absolute atomic E-state index is 11.6. The molecule has 4 nitrogen and oxygen atoms in total. The number of rotatable bonds is 8. The molecule has 0 unspecified atom stereocenters. The van der Waals surface area contributed by atoms with Gasteiger partial charge in [0.1, 0.15) is 0 Å². The zero-order valence-electron chi connectivity index (χ0n) is 11.8. The zero-order valence-corrected chi connectivity index (χ0v) is 11.8. The molecule has 0 aliphatic heterocycles. The van der Waals surface area contributed by atoms with Gasteiger partial charge in [-0.15, -0.1) is 19.7 Å². The number of hydrogen-bond donors (Lipinski definition) is 2. The highest BCUT2D eigenvalue weighted by atomic mass is 16.4. The van der Waals surface area contributed by atoms with Crippen LogP contribution in [0.15, 0.2) is 44.0 Å². The zero-order chi connectivity index (χ0) is 16.0. The van der Waals surface area contributed by atoms with Crippen LogP contribution in [0.1, 0.15) is 37.4 Å². The molecule has 0 spiro atoms. The van der Waals surface area contributed by atoms with Crippen molar-refractivity contribution in [1.82, 2.24) is 0 Å². The molecule has 0 amide bonds. The van der Waals surface area contributed by atoms with Crippen molar-refractivity contribution in [3.05, 3.63) is 71.8 Å². The number of aromatic carboxylic acids is 2. The van der Waals surface area contributed by atoms with Crippen molar-refractivity contribution in [3.8, 4) is 0 Å². The van der Waals surface area contributed by atoms with E-state index in [1.54, 1.807) is 18.2 Å². The number of hydrogen-bond acceptors (Lipinski definition) is 2. The quantitative estimate of drug-likeness (QED) is 0.719. The smallest absolute Gasteiger partial charge is 0.336 e. The van der Waals surface area contributed by atoms with E-state index >= 15 is 0 Å². The van der Waals surface area contributed by atoms with E-state index in [1.807, 2.05) is 0 Å². The molecule has 0 saturated carbocycles. The van der Waals surface area contributed by atoms with Crippen LogP contribution in [0, 0.1) is 0 Å². The predicted octanol–water partition coefficient (Wildman–Crippen LogP) is 3.27. The molecule has 0 aliphatic rings. The van der Waals surface area contributed by atoms with Crippen molar-refractivity contribution in [1.29, 1.82) is 0 Å². The van der Waals surface area contributed by atoms with Gasteiger partial charge >= 0.3 is 11.9 Å². The highest BCUT2D eigenvalue weighted by Gasteiger charge is 2.23. The van der Waals surface area contributed by atoms with Gasteiger partial charge < -0.3 is 10.2 Å². The lowest BCUT2D eigenvalue weighted by atomic mass is 9.87. The van der Waals surface area contributed by atoms with E-state index in [4.69, 9.17) is 0 Å². The van der Waals surface area contributed by atoms with E-state index in [0.29, 0.717) is 29.5 Å². The van der Waals surface area contributed by atoms with Crippen LogP contribution in [-0.2, 0) is 19.3 Å². The number of carbonyl (C=O) groups is 2. The molecule has 0 heterocycles. The minimum Gasteiger partial charge on any atom is -0.478 e. The monoisotopic (exact) mass is 286 g/mol. The number of carboxylic acids is 2. The van der Waals surface area contributed by atoms with Crippen LogP contribution in [0.25, 0.3) is 0 Å². The average Bonchev–Trinajstić information content (AvgIpc) is 2.41. The molecule has 0 atom stereocenters. The molecule has 0 fully saturated rings. The van der Waals surface area contributed by atoms with Crippen LogP contribution in [-0.4, -0.2) is 22.2 Å². The van der Waals surface area contributed by atoms with Gasteiger partial charge in [0.2, 0.25) is 0 Å². The van der Waals surface area contributed by atoms with Gasteiger partial charge in [0, 0.05) is 0 Å². The molecule has 110 valence electrons. The average molecular weight is 286 g/mol. The topological polar surface area (TPSA) is 74.6 Å². The second kappa shape index (κ2) is 7.24. The summed E-state index contributed by atoms with van der Waals surface area (Å²) in [6.07, 6.45) is 5.55. The Kier molecular flexibility index (Phi) is 5.67. The third-order valence-electron chi connectivity index (χ3n) is 3.14. The van der Waals surface area contributed by atoms with Crippen molar-refractivity contribution in [2.45, 2.75) is 19.3 Å². The van der Waals surface area contributed by atoms with Crippen LogP contribution in [0.4, 0.5) is 0 Å². The first-order valence-corrected chi connectivity index (χ1v) is 6.44. The maximum atomic E-state index is 11.6. The summed E-state index contributed by atoms with van der Waals surface area (Å²) in [6.45, 7) is 10.8. The van der Waals surface area contributed by atoms with Crippen molar-refractivity contribution in [2.24, 2.45) is 0 Å². The molecule has 1 rings (SSSR count). The second-order valence-electron chi connectivity index (χ2n) is 4.50. The minimum atomic E-state index is -1.08. The third kappa shape index (κ3) is 3.48. The highest BCUT2D eigenvalue weighted by Crippen LogP contribution is 2.26. The molecule has 0 saturated heterocycles. The molecule has 4 heteroatoms. The fraction of sp³-hybridized carbons (Fsp3) is 0.176. The summed E-state index contributed by atoms with van der Waals surface area (Å²) in [5, 5.41) is 18.9. The fourth-order valence-electron chi connectivity index (χ4n) is 2.36. The summed E-state index contributed by atoms with van der Waals surface area (Å²) >= 11 is 0. The van der Waals surface area contributed by atoms with Crippen LogP contribution in [0.5, 0.6) is 0 Å². The fourth-order valence-corrected chi connectivity index (χ4v) is 2.36. The molecule has 21 heavy (non-hydrogen) atoms. The molecule has 0 radical (unpaired) electrons. The lowest BCUT2D eigenvalue weighted by molar-refractivity contribution is 0.0678. The summed E-state index contributed by atoms with van der Waals surface area (Å²) in [5.74, 6) is -2.16. The van der Waals surface area contributed by atoms with E-state index in [1.165, 1.54) is 6.07 Å². The van der Waals surface area contributed by atoms with Gasteiger partial charge in [-0.1, -0.05) is 18.2 Å². The van der Waals surface area contributed by atoms with Crippen LogP contribution < -0.4 is 0 Å². The molecule has 2 N–H and O–H groups in total. The van der Waals surface area contributed by atoms with Gasteiger partial charge in [0.15, 0.2) is 0 Å². The Balaban J connectivity index is 3.81. The van der Waals surface area contributed by atoms with Gasteiger partial charge in [0.25, 0.3) is 0 Å². The standard InChI is InChI=1S/C17H18O4/c1-4-7-11-10-14(16(18)19)12(8-5-2)13(9-6-3)15(11)17(20)21/h4-6,10H,1-3,7-9H2,(H,18,19)(H,20,21). The summed E-state index contributed by atoms with van der Waals surface area (Å²) in [7, 11) is 0. The maximum Gasteiger partial charge on any atom is 0.336 e. The van der Waals surface area contributed by atoms with Gasteiger partial charge in [-0.2, -0.15) is 0 Å². The molecule has 1 aromatic rings. The number of allylic oxidation sites excluding steroid dienone is 3. The van der Waals surface area contributed by atoms with Crippen LogP contribution in [0.3, 0.4) is 0 Å². The largest absolute Gasteiger partial charge is 0.478 e. The minimum absolute atomic E-state index is 0.105. The van der Waals surface area contributed by atoms with Gasteiger partial charge in [-0.3, -0.25) is 0 Å². The number of benzene rings is 1. The Bertz CT molecular complexity index is 612. The van der Waals surface area contributed by atoms with E-state index in [2.05, 4.69) is 19.7 Å². The first-order chi connectivity index (χ1) is 9.97. The molecule has 1 aromatic carbocycles. The summed E-state index contributed by atoms with van der Waals surface area (Å²) in [6, 6.07) is 1.42. The van der Waals surface area contributed by atoms with Crippen LogP contribution >= 0.6 is 0 Å². The van der Waals surface area contributed by atoms with Crippen LogP contribution in [0.2, 0.25) is 0 Å². The Morgan fingerprint density at radius 2 is 1.43 bits per heavy atom. The lowest BCUT2D eigenvalue weighted by Crippen LogP contribution is -2.15. The first kappa shape index (κ1) is 16.4. The summed E-state index contributed by atoms with van der Waals surface area (Å²) in [4.78, 5) is 23.0. The Labute approximate surface area is 123 Å². The molecular formula is C17H18O4. The molecule has 0 aliphatic carbocycles. The second-order valence-corrected chi connectivity index (χ2v) is 4.50. The molecular weight excluding hydrogens is 268 g/mol. The van der Waals surface area contributed by atoms with Gasteiger partial charge in [-0.05, 0) is 42.0 Å². The van der Waals surface area contributed by atoms with E-state index < -0.39 is 11.9 Å². The highest BCUT2D eigenvalue weighted by molar-refractivity contribution is 5.96. The van der Waals surface area contributed by atoms with Crippen molar-refractivity contribution >= 4 is 11.9 Å². The van der Waals surface area contributed by atoms with Gasteiger partial charge in [-0.25, -0.2) is 9.59 Å². The number of carboxylic acid groups (broad SMARTS) is 2. The van der Waals surface area contributed by atoms with E-state index in [0.717, 1.165) is 0 Å². The summed E-state index contributed by atoms with van der Waals surface area (Å²) in [5.41, 5.74) is 1.64. The molecule has 0 aromatic heterocycles. The van der Waals surface area contributed by atoms with E-state index in [-0.39, 0.29) is 17.5 Å². The Morgan fingerprint density at radius 3 is 1.86 bits per heavy atom. The normalized spacial score (nSPS) is 9.90. The van der Waals surface area contributed by atoms with Crippen molar-refractivity contribution in [2.75, 3.05) is 0 Å². The molecule has 0 bridgehead atoms. The van der Waals surface area contributed by atoms with Gasteiger partial charge in [0.05, 0.1) is 11.1 Å². The van der Waals surface area contributed by atoms with Crippen molar-refractivity contribution < 1.29 is 19.8 Å². The lowest BCUT2D eigenvalue weighted by Gasteiger charge is -2.17.